The van der Waals surface area contributed by atoms with Gasteiger partial charge in [0, 0.05) is 19.7 Å². The van der Waals surface area contributed by atoms with E-state index in [1.807, 2.05) is 20.8 Å². The molecule has 0 aliphatic heterocycles. The number of hydrogen-bond donors (Lipinski definition) is 1. The Morgan fingerprint density at radius 3 is 2.58 bits per heavy atom. The highest BCUT2D eigenvalue weighted by Gasteiger charge is 2.19. The van der Waals surface area contributed by atoms with E-state index in [1.165, 1.54) is 24.8 Å². The largest absolute Gasteiger partial charge is 0.465 e. The number of methoxy groups -OCH3 is 1. The van der Waals surface area contributed by atoms with Crippen LogP contribution in [0.3, 0.4) is 0 Å². The van der Waals surface area contributed by atoms with Gasteiger partial charge in [0.1, 0.15) is 5.15 Å². The summed E-state index contributed by atoms with van der Waals surface area (Å²) in [6, 6.07) is 1.38. The van der Waals surface area contributed by atoms with Crippen molar-refractivity contribution in [1.29, 1.82) is 0 Å². The number of nitrogens with zero attached hydrogens (tertiary/aromatic N) is 1. The van der Waals surface area contributed by atoms with Crippen molar-refractivity contribution in [3.05, 3.63) is 32.7 Å². The predicted octanol–water partition coefficient (Wildman–Crippen LogP) is 1.70. The van der Waals surface area contributed by atoms with Crippen LogP contribution in [0.1, 0.15) is 36.7 Å². The minimum Gasteiger partial charge on any atom is -0.465 e. The molecule has 1 N–H and O–H groups in total. The summed E-state index contributed by atoms with van der Waals surface area (Å²) in [5.41, 5.74) is 2.98. The molecule has 0 aliphatic rings. The maximum absolute atomic E-state index is 11.9. The third-order valence-electron chi connectivity index (χ3n) is 3.16. The Labute approximate surface area is 146 Å². The van der Waals surface area contributed by atoms with Crippen LogP contribution in [0.25, 0.3) is 0 Å². The second-order valence-electron chi connectivity index (χ2n) is 6.18. The van der Waals surface area contributed by atoms with Crippen LogP contribution in [-0.2, 0) is 27.8 Å². The number of esters is 1. The first-order valence-corrected chi connectivity index (χ1v) is 8.00. The van der Waals surface area contributed by atoms with Crippen molar-refractivity contribution < 1.29 is 19.1 Å². The molecule has 0 saturated heterocycles. The molecule has 0 amide bonds. The van der Waals surface area contributed by atoms with Crippen molar-refractivity contribution in [1.82, 2.24) is 10.0 Å². The van der Waals surface area contributed by atoms with Gasteiger partial charge in [0.2, 0.25) is 0 Å². The summed E-state index contributed by atoms with van der Waals surface area (Å²) in [5, 5.41) is 0.0591. The maximum Gasteiger partial charge on any atom is 0.341 e. The molecule has 0 aliphatic carbocycles. The van der Waals surface area contributed by atoms with Gasteiger partial charge in [0.25, 0.3) is 5.56 Å². The molecule has 1 aromatic rings. The monoisotopic (exact) mass is 360 g/mol. The molecule has 136 valence electrons. The zero-order valence-corrected chi connectivity index (χ0v) is 15.5. The van der Waals surface area contributed by atoms with Crippen molar-refractivity contribution in [3.8, 4) is 0 Å². The number of carbonyl (C=O) groups is 1. The van der Waals surface area contributed by atoms with Gasteiger partial charge in [-0.05, 0) is 32.8 Å². The lowest BCUT2D eigenvalue weighted by atomic mass is 10.1. The van der Waals surface area contributed by atoms with E-state index < -0.39 is 5.97 Å². The molecule has 1 aromatic heterocycles. The summed E-state index contributed by atoms with van der Waals surface area (Å²) in [4.78, 5) is 29.0. The Balaban J connectivity index is 2.59. The van der Waals surface area contributed by atoms with Crippen LogP contribution in [0.2, 0.25) is 5.15 Å². The van der Waals surface area contributed by atoms with E-state index in [2.05, 4.69) is 5.48 Å². The minimum atomic E-state index is -0.579. The smallest absolute Gasteiger partial charge is 0.341 e. The molecule has 0 saturated carbocycles. The number of nitrogens with one attached hydrogen (secondary N) is 1. The summed E-state index contributed by atoms with van der Waals surface area (Å²) in [6.07, 6.45) is 0.389. The first kappa shape index (κ1) is 20.6. The Kier molecular flexibility index (Phi) is 7.89. The number of ether oxygens (including phenoxy) is 2. The van der Waals surface area contributed by atoms with Crippen molar-refractivity contribution in [2.45, 2.75) is 32.8 Å². The number of aromatic nitrogens is 1. The summed E-state index contributed by atoms with van der Waals surface area (Å²) < 4.78 is 11.5. The zero-order valence-electron chi connectivity index (χ0n) is 14.8. The van der Waals surface area contributed by atoms with Gasteiger partial charge in [-0.3, -0.25) is 9.63 Å². The van der Waals surface area contributed by atoms with Gasteiger partial charge in [-0.15, -0.1) is 0 Å². The number of hydrogen-bond acceptors (Lipinski definition) is 6. The second kappa shape index (κ2) is 9.17. The minimum absolute atomic E-state index is 0.0591. The fraction of sp³-hybridized carbons (Fsp3) is 0.625. The van der Waals surface area contributed by atoms with Gasteiger partial charge >= 0.3 is 5.97 Å². The number of hydroxylamine groups is 1. The van der Waals surface area contributed by atoms with Crippen LogP contribution < -0.4 is 11.0 Å². The van der Waals surface area contributed by atoms with E-state index in [-0.39, 0.29) is 21.9 Å². The molecule has 0 radical (unpaired) electrons. The van der Waals surface area contributed by atoms with Crippen LogP contribution in [0, 0.1) is 0 Å². The van der Waals surface area contributed by atoms with Crippen LogP contribution in [0.15, 0.2) is 10.9 Å². The molecule has 24 heavy (non-hydrogen) atoms. The zero-order chi connectivity index (χ0) is 18.3. The lowest BCUT2D eigenvalue weighted by molar-refractivity contribution is -0.0562. The second-order valence-corrected chi connectivity index (χ2v) is 6.54. The molecule has 0 fully saturated rings. The van der Waals surface area contributed by atoms with E-state index in [0.29, 0.717) is 31.7 Å². The third-order valence-corrected chi connectivity index (χ3v) is 3.60. The summed E-state index contributed by atoms with van der Waals surface area (Å²) in [5.74, 6) is -0.579. The summed E-state index contributed by atoms with van der Waals surface area (Å²) in [7, 11) is 2.77. The third kappa shape index (κ3) is 6.24. The van der Waals surface area contributed by atoms with Crippen LogP contribution in [0.5, 0.6) is 0 Å². The first-order chi connectivity index (χ1) is 11.2. The Bertz CT molecular complexity index is 622. The highest BCUT2D eigenvalue weighted by molar-refractivity contribution is 6.32. The standard InChI is InChI=1S/C16H25ClN2O5/c1-16(2,3)23-8-9-24-18-7-6-11-10-12(20)19(4)14(17)13(11)15(21)22-5/h10,18H,6-9H2,1-5H3. The van der Waals surface area contributed by atoms with Crippen LogP contribution in [-0.4, -0.2) is 43.0 Å². The van der Waals surface area contributed by atoms with Gasteiger partial charge in [0.15, 0.2) is 0 Å². The molecule has 0 spiro atoms. The van der Waals surface area contributed by atoms with E-state index in [0.717, 1.165) is 0 Å². The Morgan fingerprint density at radius 1 is 1.33 bits per heavy atom. The first-order valence-electron chi connectivity index (χ1n) is 7.62. The molecule has 1 heterocycles. The quantitative estimate of drug-likeness (QED) is 0.329. The number of halogens is 1. The fourth-order valence-electron chi connectivity index (χ4n) is 1.95. The SMILES string of the molecule is COC(=O)c1c(CCNOCCOC(C)(C)C)cc(=O)n(C)c1Cl. The molecule has 0 atom stereocenters. The molecule has 0 bridgehead atoms. The summed E-state index contributed by atoms with van der Waals surface area (Å²) in [6.45, 7) is 7.15. The van der Waals surface area contributed by atoms with Crippen molar-refractivity contribution in [3.63, 3.8) is 0 Å². The van der Waals surface area contributed by atoms with Gasteiger partial charge in [0.05, 0.1) is 31.5 Å². The number of pyridine rings is 1. The molecule has 0 unspecified atom stereocenters. The molecule has 0 aromatic carbocycles. The molecule has 8 heteroatoms. The Morgan fingerprint density at radius 2 is 2.00 bits per heavy atom. The lowest BCUT2D eigenvalue weighted by Gasteiger charge is -2.19. The van der Waals surface area contributed by atoms with Crippen molar-refractivity contribution in [2.75, 3.05) is 26.9 Å². The van der Waals surface area contributed by atoms with Gasteiger partial charge in [-0.2, -0.15) is 0 Å². The van der Waals surface area contributed by atoms with Crippen LogP contribution in [0.4, 0.5) is 0 Å². The van der Waals surface area contributed by atoms with Gasteiger partial charge in [-0.1, -0.05) is 11.6 Å². The molecular weight excluding hydrogens is 336 g/mol. The van der Waals surface area contributed by atoms with Gasteiger partial charge in [-0.25, -0.2) is 10.3 Å². The number of rotatable bonds is 8. The highest BCUT2D eigenvalue weighted by Crippen LogP contribution is 2.19. The summed E-state index contributed by atoms with van der Waals surface area (Å²) >= 11 is 6.10. The lowest BCUT2D eigenvalue weighted by Crippen LogP contribution is -2.27. The van der Waals surface area contributed by atoms with E-state index in [1.54, 1.807) is 0 Å². The average Bonchev–Trinajstić information content (AvgIpc) is 2.50. The van der Waals surface area contributed by atoms with E-state index >= 15 is 0 Å². The predicted molar refractivity (Wildman–Crippen MR) is 91.4 cm³/mol. The maximum atomic E-state index is 11.9. The fourth-order valence-corrected chi connectivity index (χ4v) is 2.23. The van der Waals surface area contributed by atoms with Crippen molar-refractivity contribution >= 4 is 17.6 Å². The molecule has 7 nitrogen and oxygen atoms in total. The van der Waals surface area contributed by atoms with E-state index in [9.17, 15) is 9.59 Å². The average molecular weight is 361 g/mol. The topological polar surface area (TPSA) is 78.8 Å². The molecule has 1 rings (SSSR count). The Hall–Kier alpha value is -1.41. The number of carbonyl (C=O) groups excluding carboxylic acids is 1. The van der Waals surface area contributed by atoms with E-state index in [4.69, 9.17) is 25.9 Å². The van der Waals surface area contributed by atoms with Crippen molar-refractivity contribution in [2.24, 2.45) is 7.05 Å². The van der Waals surface area contributed by atoms with Crippen LogP contribution >= 0.6 is 11.6 Å². The van der Waals surface area contributed by atoms with Gasteiger partial charge < -0.3 is 14.0 Å². The molecular formula is C16H25ClN2O5. The normalized spacial score (nSPS) is 11.6. The highest BCUT2D eigenvalue weighted by atomic mass is 35.5.